The van der Waals surface area contributed by atoms with Gasteiger partial charge in [0.15, 0.2) is 0 Å². The number of nitrogens with two attached hydrogens (primary N) is 1. The third-order valence-corrected chi connectivity index (χ3v) is 3.56. The third kappa shape index (κ3) is 6.04. The van der Waals surface area contributed by atoms with Gasteiger partial charge in [0.05, 0.1) is 6.10 Å². The first kappa shape index (κ1) is 17.2. The second-order valence-electron chi connectivity index (χ2n) is 6.36. The zero-order valence-corrected chi connectivity index (χ0v) is 13.3. The SMILES string of the molecule is CC(C)CN(CC(O)C(N)Cc1ccccc1)C(C)C. The molecule has 3 heteroatoms. The molecule has 0 fully saturated rings. The highest BCUT2D eigenvalue weighted by atomic mass is 16.3. The molecule has 0 radical (unpaired) electrons. The van der Waals surface area contributed by atoms with E-state index in [2.05, 4.69) is 44.7 Å². The maximum Gasteiger partial charge on any atom is 0.0821 e. The van der Waals surface area contributed by atoms with Crippen LogP contribution in [0.2, 0.25) is 0 Å². The first-order valence-corrected chi connectivity index (χ1v) is 7.61. The molecule has 2 unspecified atom stereocenters. The van der Waals surface area contributed by atoms with Crippen molar-refractivity contribution in [2.24, 2.45) is 11.7 Å². The van der Waals surface area contributed by atoms with Crippen LogP contribution in [0.15, 0.2) is 30.3 Å². The molecular formula is C17H30N2O. The zero-order chi connectivity index (χ0) is 15.1. The van der Waals surface area contributed by atoms with Gasteiger partial charge in [-0.15, -0.1) is 0 Å². The minimum atomic E-state index is -0.489. The van der Waals surface area contributed by atoms with Crippen LogP contribution < -0.4 is 5.73 Å². The largest absolute Gasteiger partial charge is 0.390 e. The van der Waals surface area contributed by atoms with Gasteiger partial charge in [-0.2, -0.15) is 0 Å². The first-order valence-electron chi connectivity index (χ1n) is 7.61. The molecule has 0 aliphatic carbocycles. The number of aliphatic hydroxyl groups excluding tert-OH is 1. The van der Waals surface area contributed by atoms with Crippen molar-refractivity contribution in [3.05, 3.63) is 35.9 Å². The Bertz CT molecular complexity index is 365. The lowest BCUT2D eigenvalue weighted by Crippen LogP contribution is -2.47. The Morgan fingerprint density at radius 1 is 1.05 bits per heavy atom. The summed E-state index contributed by atoms with van der Waals surface area (Å²) in [4.78, 5) is 2.31. The van der Waals surface area contributed by atoms with E-state index in [-0.39, 0.29) is 6.04 Å². The van der Waals surface area contributed by atoms with Crippen LogP contribution in [0.3, 0.4) is 0 Å². The molecule has 0 heterocycles. The molecule has 0 spiro atoms. The van der Waals surface area contributed by atoms with Gasteiger partial charge in [0.25, 0.3) is 0 Å². The quantitative estimate of drug-likeness (QED) is 0.767. The highest BCUT2D eigenvalue weighted by molar-refractivity contribution is 5.16. The monoisotopic (exact) mass is 278 g/mol. The number of hydrogen-bond acceptors (Lipinski definition) is 3. The fraction of sp³-hybridized carbons (Fsp3) is 0.647. The summed E-state index contributed by atoms with van der Waals surface area (Å²) in [6, 6.07) is 10.3. The van der Waals surface area contributed by atoms with E-state index in [9.17, 15) is 5.11 Å². The molecule has 1 aromatic rings. The van der Waals surface area contributed by atoms with Crippen LogP contribution >= 0.6 is 0 Å². The molecule has 0 aliphatic rings. The summed E-state index contributed by atoms with van der Waals surface area (Å²) in [6.07, 6.45) is 0.228. The highest BCUT2D eigenvalue weighted by Gasteiger charge is 2.21. The van der Waals surface area contributed by atoms with Crippen molar-refractivity contribution >= 4 is 0 Å². The number of benzene rings is 1. The Hall–Kier alpha value is -0.900. The van der Waals surface area contributed by atoms with Gasteiger partial charge >= 0.3 is 0 Å². The van der Waals surface area contributed by atoms with E-state index < -0.39 is 6.10 Å². The predicted molar refractivity (Wildman–Crippen MR) is 85.7 cm³/mol. The molecule has 20 heavy (non-hydrogen) atoms. The highest BCUT2D eigenvalue weighted by Crippen LogP contribution is 2.09. The summed E-state index contributed by atoms with van der Waals surface area (Å²) < 4.78 is 0. The summed E-state index contributed by atoms with van der Waals surface area (Å²) in [5, 5.41) is 10.3. The minimum Gasteiger partial charge on any atom is -0.390 e. The number of aliphatic hydroxyl groups is 1. The summed E-state index contributed by atoms with van der Waals surface area (Å²) >= 11 is 0. The summed E-state index contributed by atoms with van der Waals surface area (Å²) in [5.41, 5.74) is 7.33. The van der Waals surface area contributed by atoms with E-state index >= 15 is 0 Å². The van der Waals surface area contributed by atoms with E-state index in [1.807, 2.05) is 18.2 Å². The average molecular weight is 278 g/mol. The van der Waals surface area contributed by atoms with Gasteiger partial charge in [-0.3, -0.25) is 4.90 Å². The van der Waals surface area contributed by atoms with Crippen molar-refractivity contribution < 1.29 is 5.11 Å². The summed E-state index contributed by atoms with van der Waals surface area (Å²) in [5.74, 6) is 0.593. The molecule has 1 rings (SSSR count). The number of nitrogens with zero attached hydrogens (tertiary/aromatic N) is 1. The Kier molecular flexibility index (Phi) is 7.20. The van der Waals surface area contributed by atoms with Gasteiger partial charge in [-0.05, 0) is 31.7 Å². The van der Waals surface area contributed by atoms with E-state index in [1.165, 1.54) is 5.56 Å². The molecule has 114 valence electrons. The van der Waals surface area contributed by atoms with E-state index in [0.717, 1.165) is 13.0 Å². The fourth-order valence-electron chi connectivity index (χ4n) is 2.36. The maximum absolute atomic E-state index is 10.3. The first-order chi connectivity index (χ1) is 9.40. The van der Waals surface area contributed by atoms with Crippen LogP contribution in [-0.4, -0.2) is 41.3 Å². The average Bonchev–Trinajstić information content (AvgIpc) is 2.38. The Morgan fingerprint density at radius 2 is 1.65 bits per heavy atom. The molecule has 2 atom stereocenters. The molecule has 0 aliphatic heterocycles. The number of rotatable bonds is 8. The molecule has 3 N–H and O–H groups in total. The molecule has 0 aromatic heterocycles. The molecule has 3 nitrogen and oxygen atoms in total. The lowest BCUT2D eigenvalue weighted by molar-refractivity contribution is 0.0705. The molecule has 0 bridgehead atoms. The van der Waals surface area contributed by atoms with Gasteiger partial charge in [0.1, 0.15) is 0 Å². The molecular weight excluding hydrogens is 248 g/mol. The third-order valence-electron chi connectivity index (χ3n) is 3.56. The normalized spacial score (nSPS) is 15.1. The Labute approximate surface area is 123 Å². The molecule has 0 amide bonds. The Morgan fingerprint density at radius 3 is 2.15 bits per heavy atom. The van der Waals surface area contributed by atoms with Gasteiger partial charge in [0, 0.05) is 25.2 Å². The molecule has 0 saturated heterocycles. The van der Waals surface area contributed by atoms with Crippen molar-refractivity contribution in [2.45, 2.75) is 52.3 Å². The minimum absolute atomic E-state index is 0.217. The molecule has 0 saturated carbocycles. The molecule has 1 aromatic carbocycles. The van der Waals surface area contributed by atoms with Crippen molar-refractivity contribution in [3.63, 3.8) is 0 Å². The second kappa shape index (κ2) is 8.40. The van der Waals surface area contributed by atoms with Crippen LogP contribution in [0.5, 0.6) is 0 Å². The fourth-order valence-corrected chi connectivity index (χ4v) is 2.36. The Balaban J connectivity index is 2.52. The lowest BCUT2D eigenvalue weighted by atomic mass is 10.0. The van der Waals surface area contributed by atoms with Crippen LogP contribution in [0.4, 0.5) is 0 Å². The topological polar surface area (TPSA) is 49.5 Å². The van der Waals surface area contributed by atoms with Crippen molar-refractivity contribution in [2.75, 3.05) is 13.1 Å². The van der Waals surface area contributed by atoms with Crippen LogP contribution in [0.1, 0.15) is 33.3 Å². The summed E-state index contributed by atoms with van der Waals surface area (Å²) in [7, 11) is 0. The number of hydrogen-bond donors (Lipinski definition) is 2. The lowest BCUT2D eigenvalue weighted by Gasteiger charge is -2.32. The summed E-state index contributed by atoms with van der Waals surface area (Å²) in [6.45, 7) is 10.4. The smallest absolute Gasteiger partial charge is 0.0821 e. The van der Waals surface area contributed by atoms with Crippen molar-refractivity contribution in [3.8, 4) is 0 Å². The maximum atomic E-state index is 10.3. The van der Waals surface area contributed by atoms with Gasteiger partial charge in [0.2, 0.25) is 0 Å². The van der Waals surface area contributed by atoms with Crippen molar-refractivity contribution in [1.82, 2.24) is 4.90 Å². The zero-order valence-electron chi connectivity index (χ0n) is 13.3. The van der Waals surface area contributed by atoms with Gasteiger partial charge in [-0.25, -0.2) is 0 Å². The van der Waals surface area contributed by atoms with E-state index in [4.69, 9.17) is 5.73 Å². The van der Waals surface area contributed by atoms with Crippen LogP contribution in [0, 0.1) is 5.92 Å². The van der Waals surface area contributed by atoms with Gasteiger partial charge in [-0.1, -0.05) is 44.2 Å². The van der Waals surface area contributed by atoms with Crippen molar-refractivity contribution in [1.29, 1.82) is 0 Å². The predicted octanol–water partition coefficient (Wildman–Crippen LogP) is 2.28. The van der Waals surface area contributed by atoms with Crippen LogP contribution in [-0.2, 0) is 6.42 Å². The van der Waals surface area contributed by atoms with E-state index in [1.54, 1.807) is 0 Å². The second-order valence-corrected chi connectivity index (χ2v) is 6.36. The van der Waals surface area contributed by atoms with Gasteiger partial charge < -0.3 is 10.8 Å². The van der Waals surface area contributed by atoms with E-state index in [0.29, 0.717) is 18.5 Å². The standard InChI is InChI=1S/C17H30N2O/c1-13(2)11-19(14(3)4)12-17(20)16(18)10-15-8-6-5-7-9-15/h5-9,13-14,16-17,20H,10-12,18H2,1-4H3. The van der Waals surface area contributed by atoms with Crippen LogP contribution in [0.25, 0.3) is 0 Å².